The molecule has 0 unspecified atom stereocenters. The number of rotatable bonds is 4. The molecule has 0 N–H and O–H groups in total. The quantitative estimate of drug-likeness (QED) is 0.378. The minimum atomic E-state index is -10.7. The van der Waals surface area contributed by atoms with Gasteiger partial charge in [-0.1, -0.05) is 0 Å². The van der Waals surface area contributed by atoms with Crippen molar-refractivity contribution in [3.05, 3.63) is 29.3 Å². The molecule has 1 aromatic carbocycles. The van der Waals surface area contributed by atoms with Gasteiger partial charge in [-0.15, -0.1) is 0 Å². The van der Waals surface area contributed by atoms with Crippen LogP contribution in [0.3, 0.4) is 0 Å². The molecule has 0 amide bonds. The van der Waals surface area contributed by atoms with E-state index in [1.807, 2.05) is 0 Å². The van der Waals surface area contributed by atoms with Crippen molar-refractivity contribution >= 4 is 33.7 Å². The minimum absolute atomic E-state index is 1.02. The molecule has 0 fully saturated rings. The standard InChI is InChI=1S/C12H19N2Te.F6P/c1-13(2)8-10-6-5-7-11(12(10)15)9-14(3)4;1-7(2,3,4,5)6/h5-7H,8-9H2,1-4H3;/q+1;-1. The Balaban J connectivity index is 0.000000534. The monoisotopic (exact) mass is 466 g/mol. The van der Waals surface area contributed by atoms with Gasteiger partial charge in [-0.25, -0.2) is 0 Å². The Morgan fingerprint density at radius 2 is 1.09 bits per heavy atom. The third kappa shape index (κ3) is 14.9. The summed E-state index contributed by atoms with van der Waals surface area (Å²) in [6.45, 7) is 2.05. The van der Waals surface area contributed by atoms with Crippen LogP contribution in [0.1, 0.15) is 11.1 Å². The second-order valence-corrected chi connectivity index (χ2v) is 8.42. The fraction of sp³-hybridized carbons (Fsp3) is 0.500. The van der Waals surface area contributed by atoms with Gasteiger partial charge in [0.1, 0.15) is 0 Å². The van der Waals surface area contributed by atoms with Crippen LogP contribution in [-0.4, -0.2) is 60.3 Å². The number of halogens is 6. The van der Waals surface area contributed by atoms with Crippen molar-refractivity contribution in [1.82, 2.24) is 9.80 Å². The third-order valence-corrected chi connectivity index (χ3v) is 3.65. The first-order valence-electron chi connectivity index (χ1n) is 6.09. The molecule has 22 heavy (non-hydrogen) atoms. The average Bonchev–Trinajstić information content (AvgIpc) is 2.18. The van der Waals surface area contributed by atoms with Crippen LogP contribution in [0.5, 0.6) is 0 Å². The molecule has 1 aromatic rings. The van der Waals surface area contributed by atoms with Gasteiger partial charge in [-0.2, -0.15) is 0 Å². The van der Waals surface area contributed by atoms with E-state index in [9.17, 15) is 25.2 Å². The molecule has 2 radical (unpaired) electrons. The van der Waals surface area contributed by atoms with E-state index >= 15 is 0 Å². The summed E-state index contributed by atoms with van der Waals surface area (Å²) in [5.41, 5.74) is 2.87. The maximum atomic E-state index is 9.87. The fourth-order valence-electron chi connectivity index (χ4n) is 1.57. The van der Waals surface area contributed by atoms with E-state index in [-0.39, 0.29) is 0 Å². The average molecular weight is 464 g/mol. The Labute approximate surface area is 139 Å². The summed E-state index contributed by atoms with van der Waals surface area (Å²) in [6.07, 6.45) is 0. The first-order chi connectivity index (χ1) is 9.45. The molecular formula is C12H19F6N2PTe. The van der Waals surface area contributed by atoms with Crippen LogP contribution in [0, 0.1) is 0 Å². The van der Waals surface area contributed by atoms with Crippen LogP contribution in [0.4, 0.5) is 25.2 Å². The molecule has 1 rings (SSSR count). The number of benzene rings is 1. The number of hydrogen-bond acceptors (Lipinski definition) is 2. The van der Waals surface area contributed by atoms with Gasteiger partial charge < -0.3 is 0 Å². The summed E-state index contributed by atoms with van der Waals surface area (Å²) in [7, 11) is -2.22. The van der Waals surface area contributed by atoms with E-state index < -0.39 is 7.81 Å². The van der Waals surface area contributed by atoms with Crippen molar-refractivity contribution in [2.45, 2.75) is 13.1 Å². The molecule has 2 nitrogen and oxygen atoms in total. The van der Waals surface area contributed by atoms with Crippen molar-refractivity contribution < 1.29 is 25.2 Å². The van der Waals surface area contributed by atoms with Crippen LogP contribution < -0.4 is 3.61 Å². The molecule has 0 aromatic heterocycles. The van der Waals surface area contributed by atoms with Crippen LogP contribution in [-0.2, 0) is 13.1 Å². The summed E-state index contributed by atoms with van der Waals surface area (Å²) in [5, 5.41) is 0. The zero-order chi connectivity index (χ0) is 17.8. The van der Waals surface area contributed by atoms with Crippen molar-refractivity contribution in [1.29, 1.82) is 0 Å². The molecule has 130 valence electrons. The SMILES string of the molecule is CN(C)Cc1cccc(CN(C)C)c1[Te+].F[P-](F)(F)(F)(F)F. The van der Waals surface area contributed by atoms with Gasteiger partial charge in [0.2, 0.25) is 0 Å². The molecule has 0 aliphatic rings. The van der Waals surface area contributed by atoms with Crippen molar-refractivity contribution in [3.8, 4) is 0 Å². The third-order valence-electron chi connectivity index (χ3n) is 2.15. The summed E-state index contributed by atoms with van der Waals surface area (Å²) in [4.78, 5) is 4.42. The Bertz CT molecular complexity index is 461. The zero-order valence-corrected chi connectivity index (χ0v) is 15.9. The van der Waals surface area contributed by atoms with E-state index in [0.29, 0.717) is 0 Å². The fourth-order valence-corrected chi connectivity index (χ4v) is 2.33. The molecule has 10 heteroatoms. The second kappa shape index (κ2) is 6.82. The predicted octanol–water partition coefficient (Wildman–Crippen LogP) is 3.99. The Morgan fingerprint density at radius 3 is 1.32 bits per heavy atom. The first kappa shape index (κ1) is 21.9. The van der Waals surface area contributed by atoms with Crippen molar-refractivity contribution in [2.75, 3.05) is 28.2 Å². The van der Waals surface area contributed by atoms with Gasteiger partial charge in [0.15, 0.2) is 0 Å². The predicted molar refractivity (Wildman–Crippen MR) is 80.2 cm³/mol. The molecule has 0 spiro atoms. The molecule has 0 aliphatic carbocycles. The Kier molecular flexibility index (Phi) is 6.80. The van der Waals surface area contributed by atoms with Gasteiger partial charge >= 0.3 is 139 Å². The normalized spacial score (nSPS) is 15.1. The molecular weight excluding hydrogens is 445 g/mol. The van der Waals surface area contributed by atoms with Gasteiger partial charge in [0.05, 0.1) is 0 Å². The van der Waals surface area contributed by atoms with Gasteiger partial charge in [-0.3, -0.25) is 0 Å². The Hall–Kier alpha value is -0.0604. The Morgan fingerprint density at radius 1 is 0.818 bits per heavy atom. The molecule has 0 bridgehead atoms. The van der Waals surface area contributed by atoms with Crippen LogP contribution in [0.2, 0.25) is 0 Å². The van der Waals surface area contributed by atoms with E-state index in [4.69, 9.17) is 0 Å². The summed E-state index contributed by atoms with van der Waals surface area (Å²) in [6, 6.07) is 6.60. The van der Waals surface area contributed by atoms with E-state index in [1.54, 1.807) is 0 Å². The maximum absolute atomic E-state index is 10.7. The second-order valence-electron chi connectivity index (χ2n) is 5.34. The molecule has 0 saturated carbocycles. The van der Waals surface area contributed by atoms with E-state index in [1.165, 1.54) is 14.7 Å². The summed E-state index contributed by atoms with van der Waals surface area (Å²) in [5.74, 6) is 0. The van der Waals surface area contributed by atoms with Crippen LogP contribution in [0.15, 0.2) is 18.2 Å². The molecule has 0 heterocycles. The van der Waals surface area contributed by atoms with E-state index in [0.717, 1.165) is 13.1 Å². The number of nitrogens with zero attached hydrogens (tertiary/aromatic N) is 2. The topological polar surface area (TPSA) is 6.48 Å². The summed E-state index contributed by atoms with van der Waals surface area (Å²) >= 11 is 2.14. The number of hydrogen-bond donors (Lipinski definition) is 0. The van der Waals surface area contributed by atoms with Crippen molar-refractivity contribution in [3.63, 3.8) is 0 Å². The summed E-state index contributed by atoms with van der Waals surface area (Å²) < 4.78 is 60.6. The van der Waals surface area contributed by atoms with Crippen LogP contribution in [0.25, 0.3) is 0 Å². The van der Waals surface area contributed by atoms with Crippen molar-refractivity contribution in [2.24, 2.45) is 0 Å². The molecule has 0 aliphatic heterocycles. The van der Waals surface area contributed by atoms with Crippen LogP contribution >= 0.6 is 7.81 Å². The molecule has 0 atom stereocenters. The first-order valence-corrected chi connectivity index (χ1v) is 9.28. The van der Waals surface area contributed by atoms with Gasteiger partial charge in [0, 0.05) is 0 Å². The zero-order valence-electron chi connectivity index (χ0n) is 12.7. The molecule has 0 saturated heterocycles. The van der Waals surface area contributed by atoms with E-state index in [2.05, 4.69) is 78.5 Å². The van der Waals surface area contributed by atoms with Gasteiger partial charge in [-0.05, 0) is 0 Å². The van der Waals surface area contributed by atoms with Gasteiger partial charge in [0.25, 0.3) is 0 Å².